The van der Waals surface area contributed by atoms with Gasteiger partial charge in [0.2, 0.25) is 0 Å². The maximum absolute atomic E-state index is 13.5. The van der Waals surface area contributed by atoms with E-state index in [0.717, 1.165) is 36.4 Å². The van der Waals surface area contributed by atoms with Gasteiger partial charge in [-0.3, -0.25) is 9.69 Å². The lowest BCUT2D eigenvalue weighted by Crippen LogP contribution is -2.60. The lowest BCUT2D eigenvalue weighted by atomic mass is 9.75. The summed E-state index contributed by atoms with van der Waals surface area (Å²) >= 11 is 0. The smallest absolute Gasteiger partial charge is 0.254 e. The van der Waals surface area contributed by atoms with Crippen LogP contribution < -0.4 is 4.90 Å². The van der Waals surface area contributed by atoms with Gasteiger partial charge in [0.05, 0.1) is 6.04 Å². The Bertz CT molecular complexity index is 903. The summed E-state index contributed by atoms with van der Waals surface area (Å²) in [6.07, 6.45) is 2.36. The fraction of sp³-hybridized carbons (Fsp3) is 0.458. The van der Waals surface area contributed by atoms with Gasteiger partial charge in [-0.1, -0.05) is 12.1 Å². The highest BCUT2D eigenvalue weighted by Crippen LogP contribution is 2.47. The van der Waals surface area contributed by atoms with Crippen molar-refractivity contribution in [3.8, 4) is 5.75 Å². The van der Waals surface area contributed by atoms with Crippen molar-refractivity contribution in [1.29, 1.82) is 0 Å². The minimum atomic E-state index is 0.140. The molecular formula is C24H29N3O2. The quantitative estimate of drug-likeness (QED) is 0.873. The Balaban J connectivity index is 1.48. The monoisotopic (exact) mass is 391 g/mol. The Labute approximate surface area is 172 Å². The molecule has 4 fully saturated rings. The standard InChI is InChI=1S/C24H29N3O2/c1-25(2)19-8-6-17(7-9-19)24(29)27-15-21(18-4-3-5-20(28)14-18)23-22(27)16-10-12-26(23)13-11-16/h3-9,14,16,21-23,28H,10-13,15H2,1-2H3/t21-,22+,23+/m1/s1. The van der Waals surface area contributed by atoms with Crippen LogP contribution in [0.4, 0.5) is 5.69 Å². The van der Waals surface area contributed by atoms with Crippen LogP contribution in [0.2, 0.25) is 0 Å². The van der Waals surface area contributed by atoms with Gasteiger partial charge in [-0.15, -0.1) is 0 Å². The number of benzene rings is 2. The molecule has 5 heteroatoms. The van der Waals surface area contributed by atoms with Crippen molar-refractivity contribution in [3.05, 3.63) is 59.7 Å². The average Bonchev–Trinajstić information content (AvgIpc) is 3.17. The second-order valence-corrected chi connectivity index (χ2v) is 8.95. The summed E-state index contributed by atoms with van der Waals surface area (Å²) in [5, 5.41) is 10.0. The second kappa shape index (κ2) is 7.06. The third-order valence-corrected chi connectivity index (χ3v) is 7.18. The van der Waals surface area contributed by atoms with Crippen LogP contribution in [-0.4, -0.2) is 66.6 Å². The van der Waals surface area contributed by atoms with Crippen LogP contribution in [0.5, 0.6) is 5.75 Å². The molecular weight excluding hydrogens is 362 g/mol. The van der Waals surface area contributed by atoms with Gasteiger partial charge in [0, 0.05) is 43.9 Å². The molecule has 1 amide bonds. The number of anilines is 1. The maximum atomic E-state index is 13.5. The van der Waals surface area contributed by atoms with Crippen LogP contribution in [0.3, 0.4) is 0 Å². The van der Waals surface area contributed by atoms with Crippen LogP contribution in [0.15, 0.2) is 48.5 Å². The van der Waals surface area contributed by atoms with Gasteiger partial charge in [-0.05, 0) is 73.8 Å². The van der Waals surface area contributed by atoms with E-state index in [0.29, 0.717) is 17.7 Å². The molecule has 0 unspecified atom stereocenters. The Morgan fingerprint density at radius 3 is 2.41 bits per heavy atom. The van der Waals surface area contributed by atoms with E-state index in [9.17, 15) is 9.90 Å². The van der Waals surface area contributed by atoms with E-state index in [-0.39, 0.29) is 17.9 Å². The summed E-state index contributed by atoms with van der Waals surface area (Å²) in [6, 6.07) is 16.2. The number of carbonyl (C=O) groups excluding carboxylic acids is 1. The number of hydrogen-bond acceptors (Lipinski definition) is 4. The minimum absolute atomic E-state index is 0.140. The molecule has 5 nitrogen and oxygen atoms in total. The molecule has 0 spiro atoms. The molecule has 2 bridgehead atoms. The first-order chi connectivity index (χ1) is 14.0. The molecule has 4 aliphatic rings. The largest absolute Gasteiger partial charge is 0.508 e. The highest BCUT2D eigenvalue weighted by Gasteiger charge is 2.54. The third-order valence-electron chi connectivity index (χ3n) is 7.18. The molecule has 3 atom stereocenters. The van der Waals surface area contributed by atoms with Crippen LogP contribution in [0.1, 0.15) is 34.7 Å². The van der Waals surface area contributed by atoms with Crippen molar-refractivity contribution in [2.45, 2.75) is 30.8 Å². The Hall–Kier alpha value is -2.53. The van der Waals surface area contributed by atoms with E-state index >= 15 is 0 Å². The zero-order valence-corrected chi connectivity index (χ0v) is 17.2. The molecule has 4 aliphatic heterocycles. The van der Waals surface area contributed by atoms with Gasteiger partial charge in [-0.2, -0.15) is 0 Å². The van der Waals surface area contributed by atoms with Crippen LogP contribution in [-0.2, 0) is 0 Å². The molecule has 1 N–H and O–H groups in total. The van der Waals surface area contributed by atoms with E-state index in [4.69, 9.17) is 0 Å². The second-order valence-electron chi connectivity index (χ2n) is 8.95. The lowest BCUT2D eigenvalue weighted by molar-refractivity contribution is -0.00341. The van der Waals surface area contributed by atoms with Gasteiger partial charge in [0.1, 0.15) is 5.75 Å². The molecule has 4 heterocycles. The van der Waals surface area contributed by atoms with Gasteiger partial charge >= 0.3 is 0 Å². The van der Waals surface area contributed by atoms with E-state index in [2.05, 4.69) is 15.9 Å². The van der Waals surface area contributed by atoms with Gasteiger partial charge < -0.3 is 14.9 Å². The van der Waals surface area contributed by atoms with Gasteiger partial charge in [0.25, 0.3) is 5.91 Å². The SMILES string of the molecule is CN(C)c1ccc(C(=O)N2C[C@H](c3cccc(O)c3)[C@H]3[C@@H]2C2CCN3CC2)cc1. The summed E-state index contributed by atoms with van der Waals surface area (Å²) in [7, 11) is 4.02. The first-order valence-electron chi connectivity index (χ1n) is 10.6. The van der Waals surface area contributed by atoms with Crippen molar-refractivity contribution >= 4 is 11.6 Å². The molecule has 0 saturated carbocycles. The normalized spacial score (nSPS) is 30.3. The van der Waals surface area contributed by atoms with E-state index in [1.807, 2.05) is 55.4 Å². The maximum Gasteiger partial charge on any atom is 0.254 e. The lowest BCUT2D eigenvalue weighted by Gasteiger charge is -2.51. The van der Waals surface area contributed by atoms with Crippen molar-refractivity contribution in [2.75, 3.05) is 38.6 Å². The Morgan fingerprint density at radius 1 is 1.03 bits per heavy atom. The molecule has 0 aromatic heterocycles. The van der Waals surface area contributed by atoms with Crippen LogP contribution >= 0.6 is 0 Å². The first kappa shape index (κ1) is 18.5. The van der Waals surface area contributed by atoms with Crippen LogP contribution in [0, 0.1) is 5.92 Å². The number of phenols is 1. The minimum Gasteiger partial charge on any atom is -0.508 e. The predicted molar refractivity (Wildman–Crippen MR) is 115 cm³/mol. The number of phenolic OH excluding ortho intramolecular Hbond substituents is 1. The fourth-order valence-electron chi connectivity index (χ4n) is 5.77. The molecule has 29 heavy (non-hydrogen) atoms. The zero-order valence-electron chi connectivity index (χ0n) is 17.2. The number of nitrogens with zero attached hydrogens (tertiary/aromatic N) is 3. The van der Waals surface area contributed by atoms with E-state index in [1.165, 1.54) is 12.8 Å². The van der Waals surface area contributed by atoms with E-state index in [1.54, 1.807) is 6.07 Å². The molecule has 2 aromatic carbocycles. The number of hydrogen-bond donors (Lipinski definition) is 1. The van der Waals surface area contributed by atoms with Crippen molar-refractivity contribution in [2.24, 2.45) is 5.92 Å². The first-order valence-corrected chi connectivity index (χ1v) is 10.6. The molecule has 0 aliphatic carbocycles. The summed E-state index contributed by atoms with van der Waals surface area (Å²) < 4.78 is 0. The number of likely N-dealkylation sites (tertiary alicyclic amines) is 1. The summed E-state index contributed by atoms with van der Waals surface area (Å²) in [5.74, 6) is 1.28. The molecule has 152 valence electrons. The molecule has 6 rings (SSSR count). The van der Waals surface area contributed by atoms with E-state index < -0.39 is 0 Å². The number of amides is 1. The molecule has 2 aromatic rings. The topological polar surface area (TPSA) is 47.0 Å². The zero-order chi connectivity index (χ0) is 20.1. The average molecular weight is 392 g/mol. The third kappa shape index (κ3) is 3.08. The highest BCUT2D eigenvalue weighted by molar-refractivity contribution is 5.95. The Kier molecular flexibility index (Phi) is 4.50. The number of aromatic hydroxyl groups is 1. The summed E-state index contributed by atoms with van der Waals surface area (Å²) in [5.41, 5.74) is 3.01. The predicted octanol–water partition coefficient (Wildman–Crippen LogP) is 3.16. The number of rotatable bonds is 3. The summed E-state index contributed by atoms with van der Waals surface area (Å²) in [4.78, 5) is 20.3. The summed E-state index contributed by atoms with van der Waals surface area (Å²) in [6.45, 7) is 2.97. The number of piperidine rings is 3. The molecule has 4 saturated heterocycles. The van der Waals surface area contributed by atoms with Crippen molar-refractivity contribution < 1.29 is 9.90 Å². The van der Waals surface area contributed by atoms with Gasteiger partial charge in [0.15, 0.2) is 0 Å². The number of carbonyl (C=O) groups is 1. The van der Waals surface area contributed by atoms with Crippen LogP contribution in [0.25, 0.3) is 0 Å². The van der Waals surface area contributed by atoms with Crippen molar-refractivity contribution in [3.63, 3.8) is 0 Å². The molecule has 0 radical (unpaired) electrons. The highest BCUT2D eigenvalue weighted by atomic mass is 16.3. The fourth-order valence-corrected chi connectivity index (χ4v) is 5.77. The number of fused-ring (bicyclic) bond motifs is 2. The Morgan fingerprint density at radius 2 is 1.76 bits per heavy atom. The van der Waals surface area contributed by atoms with Crippen molar-refractivity contribution in [1.82, 2.24) is 9.80 Å². The van der Waals surface area contributed by atoms with Gasteiger partial charge in [-0.25, -0.2) is 0 Å².